The minimum atomic E-state index is -0.350. The lowest BCUT2D eigenvalue weighted by atomic mass is 10.0. The van der Waals surface area contributed by atoms with Gasteiger partial charge >= 0.3 is 0 Å². The summed E-state index contributed by atoms with van der Waals surface area (Å²) in [4.78, 5) is 15.2. The van der Waals surface area contributed by atoms with Gasteiger partial charge in [0, 0.05) is 19.6 Å². The van der Waals surface area contributed by atoms with E-state index in [2.05, 4.69) is 15.3 Å². The van der Waals surface area contributed by atoms with Gasteiger partial charge in [0.1, 0.15) is 16.8 Å². The highest BCUT2D eigenvalue weighted by atomic mass is 35.5. The van der Waals surface area contributed by atoms with Crippen LogP contribution < -0.4 is 5.32 Å². The summed E-state index contributed by atoms with van der Waals surface area (Å²) in [6.45, 7) is 4.85. The minimum Gasteiger partial charge on any atom is -0.379 e. The van der Waals surface area contributed by atoms with Crippen molar-refractivity contribution in [1.82, 2.24) is 20.0 Å². The number of carbonyl (C=O) groups is 1. The van der Waals surface area contributed by atoms with E-state index in [4.69, 9.17) is 16.3 Å². The number of hydrogen-bond donors (Lipinski definition) is 1. The first-order valence-corrected chi connectivity index (χ1v) is 11.1. The van der Waals surface area contributed by atoms with E-state index in [-0.39, 0.29) is 35.3 Å². The third-order valence-corrected chi connectivity index (χ3v) is 6.10. The molecule has 1 unspecified atom stereocenters. The first-order valence-electron chi connectivity index (χ1n) is 10.7. The van der Waals surface area contributed by atoms with Gasteiger partial charge in [-0.1, -0.05) is 35.9 Å². The summed E-state index contributed by atoms with van der Waals surface area (Å²) in [6.07, 6.45) is 0. The maximum Gasteiger partial charge on any atom is 0.256 e. The molecule has 6 nitrogen and oxygen atoms in total. The van der Waals surface area contributed by atoms with Crippen LogP contribution in [0.15, 0.2) is 48.5 Å². The third-order valence-electron chi connectivity index (χ3n) is 5.71. The Labute approximate surface area is 196 Å². The first kappa shape index (κ1) is 23.4. The minimum absolute atomic E-state index is 0.207. The fraction of sp³-hybridized carbons (Fsp3) is 0.333. The fourth-order valence-corrected chi connectivity index (χ4v) is 4.34. The maximum absolute atomic E-state index is 13.9. The van der Waals surface area contributed by atoms with E-state index < -0.39 is 0 Å². The molecule has 0 spiro atoms. The quantitative estimate of drug-likeness (QED) is 0.563. The van der Waals surface area contributed by atoms with E-state index in [0.29, 0.717) is 44.1 Å². The van der Waals surface area contributed by atoms with E-state index in [1.54, 1.807) is 25.1 Å². The molecule has 1 fully saturated rings. The van der Waals surface area contributed by atoms with Gasteiger partial charge in [0.05, 0.1) is 37.1 Å². The van der Waals surface area contributed by atoms with E-state index in [9.17, 15) is 13.6 Å². The maximum atomic E-state index is 13.9. The number of morpholine rings is 1. The number of benzene rings is 2. The average Bonchev–Trinajstić information content (AvgIpc) is 3.09. The average molecular weight is 475 g/mol. The molecule has 1 aromatic heterocycles. The SMILES string of the molecule is Cc1nn(Cc2ccc(F)cc2)c(Cl)c1C(=O)NCC(c1cccc(F)c1)N1CCOCC1. The van der Waals surface area contributed by atoms with Crippen LogP contribution in [0.5, 0.6) is 0 Å². The Morgan fingerprint density at radius 1 is 1.15 bits per heavy atom. The summed E-state index contributed by atoms with van der Waals surface area (Å²) in [6, 6.07) is 12.2. The molecule has 174 valence electrons. The highest BCUT2D eigenvalue weighted by Gasteiger charge is 2.26. The highest BCUT2D eigenvalue weighted by molar-refractivity contribution is 6.33. The fourth-order valence-electron chi connectivity index (χ4n) is 4.02. The van der Waals surface area contributed by atoms with E-state index in [1.165, 1.54) is 28.9 Å². The number of carbonyl (C=O) groups excluding carboxylic acids is 1. The van der Waals surface area contributed by atoms with Gasteiger partial charge in [0.25, 0.3) is 5.91 Å². The number of rotatable bonds is 7. The van der Waals surface area contributed by atoms with Crippen LogP contribution in [0.3, 0.4) is 0 Å². The van der Waals surface area contributed by atoms with Crippen molar-refractivity contribution in [2.75, 3.05) is 32.8 Å². The summed E-state index contributed by atoms with van der Waals surface area (Å²) in [5.41, 5.74) is 2.38. The van der Waals surface area contributed by atoms with Crippen LogP contribution in [-0.4, -0.2) is 53.4 Å². The van der Waals surface area contributed by atoms with Gasteiger partial charge < -0.3 is 10.1 Å². The summed E-state index contributed by atoms with van der Waals surface area (Å²) in [5.74, 6) is -0.995. The molecule has 1 aliphatic rings. The molecule has 0 saturated carbocycles. The summed E-state index contributed by atoms with van der Waals surface area (Å²) in [7, 11) is 0. The molecule has 0 bridgehead atoms. The van der Waals surface area contributed by atoms with Gasteiger partial charge in [-0.25, -0.2) is 13.5 Å². The molecule has 2 aromatic carbocycles. The zero-order chi connectivity index (χ0) is 23.4. The van der Waals surface area contributed by atoms with Crippen molar-refractivity contribution in [1.29, 1.82) is 0 Å². The standard InChI is InChI=1S/C24H25ClF2N4O2/c1-16-22(23(25)31(29-16)15-17-5-7-19(26)8-6-17)24(32)28-14-21(30-9-11-33-12-10-30)18-3-2-4-20(27)13-18/h2-8,13,21H,9-12,14-15H2,1H3,(H,28,32). The Balaban J connectivity index is 1.50. The van der Waals surface area contributed by atoms with E-state index in [0.717, 1.165) is 11.1 Å². The van der Waals surface area contributed by atoms with Gasteiger partial charge in [-0.05, 0) is 42.3 Å². The predicted octanol–water partition coefficient (Wildman–Crippen LogP) is 3.97. The molecule has 9 heteroatoms. The molecule has 0 aliphatic carbocycles. The van der Waals surface area contributed by atoms with Crippen LogP contribution in [0.2, 0.25) is 5.15 Å². The van der Waals surface area contributed by atoms with E-state index >= 15 is 0 Å². The second kappa shape index (κ2) is 10.4. The van der Waals surface area contributed by atoms with Gasteiger partial charge in [-0.3, -0.25) is 9.69 Å². The number of hydrogen-bond acceptors (Lipinski definition) is 4. The van der Waals surface area contributed by atoms with Crippen molar-refractivity contribution in [2.24, 2.45) is 0 Å². The van der Waals surface area contributed by atoms with Gasteiger partial charge in [0.15, 0.2) is 0 Å². The van der Waals surface area contributed by atoms with Crippen molar-refractivity contribution in [2.45, 2.75) is 19.5 Å². The molecule has 0 radical (unpaired) electrons. The molecule has 4 rings (SSSR count). The topological polar surface area (TPSA) is 59.4 Å². The molecule has 2 heterocycles. The van der Waals surface area contributed by atoms with Gasteiger partial charge in [0.2, 0.25) is 0 Å². The second-order valence-corrected chi connectivity index (χ2v) is 8.32. The van der Waals surface area contributed by atoms with Crippen LogP contribution >= 0.6 is 11.6 Å². The summed E-state index contributed by atoms with van der Waals surface area (Å²) >= 11 is 6.50. The summed E-state index contributed by atoms with van der Waals surface area (Å²) in [5, 5.41) is 7.55. The molecule has 1 N–H and O–H groups in total. The van der Waals surface area contributed by atoms with Crippen LogP contribution in [0.1, 0.15) is 33.2 Å². The molecular weight excluding hydrogens is 450 g/mol. The Morgan fingerprint density at radius 2 is 1.88 bits per heavy atom. The van der Waals surface area contributed by atoms with Gasteiger partial charge in [-0.15, -0.1) is 0 Å². The Morgan fingerprint density at radius 3 is 2.58 bits per heavy atom. The zero-order valence-corrected chi connectivity index (χ0v) is 19.0. The molecule has 33 heavy (non-hydrogen) atoms. The summed E-state index contributed by atoms with van der Waals surface area (Å²) < 4.78 is 34.0. The Hall–Kier alpha value is -2.81. The van der Waals surface area contributed by atoms with Crippen LogP contribution in [-0.2, 0) is 11.3 Å². The lowest BCUT2D eigenvalue weighted by Gasteiger charge is -2.35. The number of nitrogens with zero attached hydrogens (tertiary/aromatic N) is 3. The lowest BCUT2D eigenvalue weighted by Crippen LogP contribution is -2.44. The smallest absolute Gasteiger partial charge is 0.256 e. The highest BCUT2D eigenvalue weighted by Crippen LogP contribution is 2.24. The third kappa shape index (κ3) is 5.58. The number of aryl methyl sites for hydroxylation is 1. The van der Waals surface area contributed by atoms with Gasteiger partial charge in [-0.2, -0.15) is 5.10 Å². The molecule has 3 aromatic rings. The monoisotopic (exact) mass is 474 g/mol. The van der Waals surface area contributed by atoms with Crippen LogP contribution in [0.4, 0.5) is 8.78 Å². The Kier molecular flexibility index (Phi) is 7.37. The largest absolute Gasteiger partial charge is 0.379 e. The Bertz CT molecular complexity index is 1110. The number of amides is 1. The number of ether oxygens (including phenoxy) is 1. The van der Waals surface area contributed by atoms with Crippen molar-refractivity contribution >= 4 is 17.5 Å². The van der Waals surface area contributed by atoms with Crippen molar-refractivity contribution in [3.05, 3.63) is 87.7 Å². The molecule has 1 amide bonds. The zero-order valence-electron chi connectivity index (χ0n) is 18.2. The van der Waals surface area contributed by atoms with Crippen molar-refractivity contribution in [3.8, 4) is 0 Å². The predicted molar refractivity (Wildman–Crippen MR) is 121 cm³/mol. The molecule has 1 atom stereocenters. The van der Waals surface area contributed by atoms with Crippen LogP contribution in [0.25, 0.3) is 0 Å². The lowest BCUT2D eigenvalue weighted by molar-refractivity contribution is 0.0162. The molecule has 1 aliphatic heterocycles. The number of aromatic nitrogens is 2. The normalized spacial score (nSPS) is 15.4. The van der Waals surface area contributed by atoms with Crippen molar-refractivity contribution in [3.63, 3.8) is 0 Å². The molecule has 1 saturated heterocycles. The van der Waals surface area contributed by atoms with Crippen LogP contribution in [0, 0.1) is 18.6 Å². The first-order chi connectivity index (χ1) is 15.9. The van der Waals surface area contributed by atoms with E-state index in [1.807, 2.05) is 6.07 Å². The number of nitrogens with one attached hydrogen (secondary N) is 1. The number of halogens is 3. The molecular formula is C24H25ClF2N4O2. The second-order valence-electron chi connectivity index (χ2n) is 7.96. The van der Waals surface area contributed by atoms with Crippen molar-refractivity contribution < 1.29 is 18.3 Å².